The minimum absolute atomic E-state index is 0.0490. The number of nitrogens with zero attached hydrogens (tertiary/aromatic N) is 2. The number of amides is 1. The molecule has 0 aliphatic carbocycles. The summed E-state index contributed by atoms with van der Waals surface area (Å²) in [5, 5.41) is 0. The van der Waals surface area contributed by atoms with E-state index in [1.54, 1.807) is 0 Å². The highest BCUT2D eigenvalue weighted by Gasteiger charge is 2.42. The Morgan fingerprint density at radius 1 is 1.03 bits per heavy atom. The van der Waals surface area contributed by atoms with Gasteiger partial charge in [-0.2, -0.15) is 0 Å². The van der Waals surface area contributed by atoms with Crippen LogP contribution in [0, 0.1) is 0 Å². The van der Waals surface area contributed by atoms with E-state index in [0.717, 1.165) is 43.9 Å². The highest BCUT2D eigenvalue weighted by molar-refractivity contribution is 5.95. The van der Waals surface area contributed by atoms with Crippen LogP contribution in [0.4, 0.5) is 5.69 Å². The van der Waals surface area contributed by atoms with Gasteiger partial charge in [-0.15, -0.1) is 0 Å². The average Bonchev–Trinajstić information content (AvgIpc) is 2.73. The molecular weight excluding hydrogens is 364 g/mol. The van der Waals surface area contributed by atoms with Crippen molar-refractivity contribution in [2.45, 2.75) is 44.9 Å². The van der Waals surface area contributed by atoms with Crippen LogP contribution < -0.4 is 9.64 Å². The van der Waals surface area contributed by atoms with Gasteiger partial charge in [0.1, 0.15) is 12.4 Å². The molecule has 5 heteroatoms. The first-order chi connectivity index (χ1) is 14.0. The van der Waals surface area contributed by atoms with Crippen molar-refractivity contribution in [2.75, 3.05) is 31.1 Å². The predicted molar refractivity (Wildman–Crippen MR) is 114 cm³/mol. The van der Waals surface area contributed by atoms with Gasteiger partial charge in [-0.1, -0.05) is 30.3 Å². The van der Waals surface area contributed by atoms with Crippen molar-refractivity contribution in [3.8, 4) is 5.75 Å². The normalized spacial score (nSPS) is 19.7. The van der Waals surface area contributed by atoms with Crippen molar-refractivity contribution in [3.63, 3.8) is 0 Å². The Morgan fingerprint density at radius 2 is 1.72 bits per heavy atom. The summed E-state index contributed by atoms with van der Waals surface area (Å²) in [6, 6.07) is 18.3. The molecule has 2 heterocycles. The van der Waals surface area contributed by atoms with Crippen LogP contribution in [0.3, 0.4) is 0 Å². The number of ether oxygens (including phenoxy) is 2. The lowest BCUT2D eigenvalue weighted by molar-refractivity contribution is -0.144. The number of carbonyl (C=O) groups is 1. The third-order valence-corrected chi connectivity index (χ3v) is 5.79. The van der Waals surface area contributed by atoms with Gasteiger partial charge in [0.25, 0.3) is 5.91 Å². The van der Waals surface area contributed by atoms with Gasteiger partial charge in [-0.05, 0) is 56.5 Å². The second-order valence-electron chi connectivity index (χ2n) is 8.37. The average molecular weight is 395 g/mol. The maximum absolute atomic E-state index is 12.4. The molecule has 0 N–H and O–H groups in total. The first kappa shape index (κ1) is 19.9. The molecule has 1 amide bonds. The molecule has 4 rings (SSSR count). The van der Waals surface area contributed by atoms with E-state index in [1.165, 1.54) is 5.56 Å². The van der Waals surface area contributed by atoms with Crippen molar-refractivity contribution in [3.05, 3.63) is 60.2 Å². The summed E-state index contributed by atoms with van der Waals surface area (Å²) in [5.74, 6) is 0.968. The fourth-order valence-corrected chi connectivity index (χ4v) is 4.18. The minimum atomic E-state index is -0.227. The molecule has 29 heavy (non-hydrogen) atoms. The molecule has 0 saturated carbocycles. The Bertz CT molecular complexity index is 812. The lowest BCUT2D eigenvalue weighted by Crippen LogP contribution is -2.58. The Labute approximate surface area is 173 Å². The second-order valence-corrected chi connectivity index (χ2v) is 8.37. The highest BCUT2D eigenvalue weighted by Crippen LogP contribution is 2.33. The van der Waals surface area contributed by atoms with E-state index in [0.29, 0.717) is 6.54 Å². The quantitative estimate of drug-likeness (QED) is 0.772. The van der Waals surface area contributed by atoms with Crippen LogP contribution in [0.25, 0.3) is 0 Å². The molecular formula is C24H30N2O3. The fourth-order valence-electron chi connectivity index (χ4n) is 4.18. The number of carbonyl (C=O) groups excluding carboxylic acids is 1. The Hall–Kier alpha value is -2.37. The van der Waals surface area contributed by atoms with E-state index in [9.17, 15) is 4.79 Å². The maximum atomic E-state index is 12.4. The molecule has 1 spiro atoms. The summed E-state index contributed by atoms with van der Waals surface area (Å²) in [5.41, 5.74) is 2.03. The summed E-state index contributed by atoms with van der Waals surface area (Å²) in [4.78, 5) is 16.8. The number of anilines is 1. The lowest BCUT2D eigenvalue weighted by atomic mass is 9.88. The minimum Gasteiger partial charge on any atom is -0.491 e. The second kappa shape index (κ2) is 8.56. The molecule has 2 fully saturated rings. The molecule has 2 aliphatic rings. The third-order valence-electron chi connectivity index (χ3n) is 5.79. The van der Waals surface area contributed by atoms with Crippen molar-refractivity contribution in [1.29, 1.82) is 0 Å². The Kier molecular flexibility index (Phi) is 5.88. The number of hydrogen-bond donors (Lipinski definition) is 0. The molecule has 0 unspecified atom stereocenters. The van der Waals surface area contributed by atoms with Gasteiger partial charge in [-0.25, -0.2) is 0 Å². The zero-order valence-electron chi connectivity index (χ0n) is 17.3. The fraction of sp³-hybridized carbons (Fsp3) is 0.458. The maximum Gasteiger partial charge on any atom is 0.253 e. The smallest absolute Gasteiger partial charge is 0.253 e. The topological polar surface area (TPSA) is 42.0 Å². The number of piperidine rings is 1. The Balaban J connectivity index is 1.34. The van der Waals surface area contributed by atoms with Gasteiger partial charge in [0, 0.05) is 25.3 Å². The van der Waals surface area contributed by atoms with Gasteiger partial charge < -0.3 is 14.4 Å². The molecule has 0 bridgehead atoms. The number of para-hydroxylation sites is 1. The Morgan fingerprint density at radius 3 is 2.38 bits per heavy atom. The summed E-state index contributed by atoms with van der Waals surface area (Å²) >= 11 is 0. The van der Waals surface area contributed by atoms with Crippen LogP contribution in [0.1, 0.15) is 32.3 Å². The van der Waals surface area contributed by atoms with Crippen molar-refractivity contribution >= 4 is 11.6 Å². The summed E-state index contributed by atoms with van der Waals surface area (Å²) < 4.78 is 11.8. The van der Waals surface area contributed by atoms with E-state index >= 15 is 0 Å². The van der Waals surface area contributed by atoms with Gasteiger partial charge >= 0.3 is 0 Å². The molecule has 154 valence electrons. The number of likely N-dealkylation sites (tertiary alicyclic amines) is 1. The van der Waals surface area contributed by atoms with Crippen molar-refractivity contribution in [1.82, 2.24) is 4.90 Å². The molecule has 2 aromatic carbocycles. The van der Waals surface area contributed by atoms with E-state index in [4.69, 9.17) is 9.47 Å². The monoisotopic (exact) mass is 394 g/mol. The van der Waals surface area contributed by atoms with Gasteiger partial charge in [-0.3, -0.25) is 9.69 Å². The van der Waals surface area contributed by atoms with Gasteiger partial charge in [0.15, 0.2) is 0 Å². The zero-order valence-corrected chi connectivity index (χ0v) is 17.3. The standard InChI is InChI=1S/C24H30N2O3/c1-19(2)29-22-10-8-20(9-11-22)16-25-14-12-24(13-15-25)18-26(23(27)17-28-24)21-6-4-3-5-7-21/h3-11,19H,12-18H2,1-2H3. The summed E-state index contributed by atoms with van der Waals surface area (Å²) in [7, 11) is 0. The van der Waals surface area contributed by atoms with Crippen molar-refractivity contribution in [2.24, 2.45) is 0 Å². The molecule has 5 nitrogen and oxygen atoms in total. The van der Waals surface area contributed by atoms with E-state index in [1.807, 2.05) is 61.2 Å². The van der Waals surface area contributed by atoms with Crippen LogP contribution in [0.15, 0.2) is 54.6 Å². The van der Waals surface area contributed by atoms with Crippen LogP contribution in [0.2, 0.25) is 0 Å². The number of morpholine rings is 1. The largest absolute Gasteiger partial charge is 0.491 e. The van der Waals surface area contributed by atoms with Crippen LogP contribution in [0.5, 0.6) is 5.75 Å². The number of hydrogen-bond acceptors (Lipinski definition) is 4. The predicted octanol–water partition coefficient (Wildman–Crippen LogP) is 3.87. The molecule has 2 saturated heterocycles. The lowest BCUT2D eigenvalue weighted by Gasteiger charge is -2.47. The molecule has 0 radical (unpaired) electrons. The summed E-state index contributed by atoms with van der Waals surface area (Å²) in [6.45, 7) is 7.77. The van der Waals surface area contributed by atoms with E-state index in [2.05, 4.69) is 17.0 Å². The number of benzene rings is 2. The molecule has 0 atom stereocenters. The first-order valence-corrected chi connectivity index (χ1v) is 10.5. The van der Waals surface area contributed by atoms with Crippen LogP contribution >= 0.6 is 0 Å². The summed E-state index contributed by atoms with van der Waals surface area (Å²) in [6.07, 6.45) is 2.08. The van der Waals surface area contributed by atoms with Crippen LogP contribution in [-0.4, -0.2) is 48.8 Å². The van der Waals surface area contributed by atoms with E-state index < -0.39 is 0 Å². The van der Waals surface area contributed by atoms with Crippen LogP contribution in [-0.2, 0) is 16.1 Å². The first-order valence-electron chi connectivity index (χ1n) is 10.5. The zero-order chi connectivity index (χ0) is 20.3. The van der Waals surface area contributed by atoms with Gasteiger partial charge in [0.2, 0.25) is 0 Å². The SMILES string of the molecule is CC(C)Oc1ccc(CN2CCC3(CC2)CN(c2ccccc2)C(=O)CO3)cc1. The highest BCUT2D eigenvalue weighted by atomic mass is 16.5. The van der Waals surface area contributed by atoms with E-state index in [-0.39, 0.29) is 24.2 Å². The molecule has 2 aliphatic heterocycles. The molecule has 2 aromatic rings. The number of rotatable bonds is 5. The van der Waals surface area contributed by atoms with Crippen molar-refractivity contribution < 1.29 is 14.3 Å². The molecule has 0 aromatic heterocycles. The third kappa shape index (κ3) is 4.80. The van der Waals surface area contributed by atoms with Gasteiger partial charge in [0.05, 0.1) is 18.2 Å².